The van der Waals surface area contributed by atoms with Crippen molar-refractivity contribution in [2.24, 2.45) is 5.73 Å². The Kier molecular flexibility index (Phi) is 3.48. The van der Waals surface area contributed by atoms with E-state index >= 15 is 0 Å². The molecule has 78 valence electrons. The number of hydrogen-bond donors (Lipinski definition) is 1. The molecule has 0 fully saturated rings. The van der Waals surface area contributed by atoms with Crippen LogP contribution in [0.25, 0.3) is 0 Å². The van der Waals surface area contributed by atoms with Gasteiger partial charge in [0.2, 0.25) is 0 Å². The zero-order chi connectivity index (χ0) is 10.8. The zero-order valence-electron chi connectivity index (χ0n) is 8.67. The van der Waals surface area contributed by atoms with Crippen molar-refractivity contribution in [3.63, 3.8) is 0 Å². The molecule has 0 aliphatic carbocycles. The number of ether oxygens (including phenoxy) is 1. The van der Waals surface area contributed by atoms with Gasteiger partial charge in [-0.15, -0.1) is 0 Å². The van der Waals surface area contributed by atoms with Gasteiger partial charge in [0.1, 0.15) is 10.8 Å². The van der Waals surface area contributed by atoms with Gasteiger partial charge in [0.15, 0.2) is 0 Å². The van der Waals surface area contributed by atoms with Crippen molar-refractivity contribution in [2.75, 3.05) is 13.7 Å². The molecular weight excluding hydrogens is 200 g/mol. The minimum atomic E-state index is -0.484. The first-order valence-electron chi connectivity index (χ1n) is 4.41. The highest BCUT2D eigenvalue weighted by Gasteiger charge is 2.25. The summed E-state index contributed by atoms with van der Waals surface area (Å²) in [5, 5.41) is 0.518. The fraction of sp³-hybridized carbons (Fsp3) is 0.500. The lowest BCUT2D eigenvalue weighted by atomic mass is 9.97. The average molecular weight is 215 g/mol. The third-order valence-electron chi connectivity index (χ3n) is 2.47. The monoisotopic (exact) mass is 214 g/mol. The van der Waals surface area contributed by atoms with E-state index in [-0.39, 0.29) is 0 Å². The van der Waals surface area contributed by atoms with E-state index in [4.69, 9.17) is 22.1 Å². The van der Waals surface area contributed by atoms with Gasteiger partial charge in [-0.2, -0.15) is 0 Å². The van der Waals surface area contributed by atoms with Crippen LogP contribution in [0.5, 0.6) is 0 Å². The number of aryl methyl sites for hydroxylation is 1. The quantitative estimate of drug-likeness (QED) is 0.782. The lowest BCUT2D eigenvalue weighted by molar-refractivity contribution is 0.00976. The van der Waals surface area contributed by atoms with E-state index in [0.29, 0.717) is 11.7 Å². The number of rotatable bonds is 3. The van der Waals surface area contributed by atoms with Crippen molar-refractivity contribution in [1.82, 2.24) is 4.98 Å². The van der Waals surface area contributed by atoms with Crippen molar-refractivity contribution in [1.29, 1.82) is 0 Å². The molecular formula is C10H15ClN2O. The fourth-order valence-corrected chi connectivity index (χ4v) is 1.27. The summed E-state index contributed by atoms with van der Waals surface area (Å²) in [5.74, 6) is 0. The molecule has 0 saturated heterocycles. The molecule has 2 N–H and O–H groups in total. The van der Waals surface area contributed by atoms with Crippen LogP contribution in [-0.4, -0.2) is 18.6 Å². The molecule has 1 aromatic heterocycles. The number of halogens is 1. The van der Waals surface area contributed by atoms with Gasteiger partial charge in [-0.1, -0.05) is 11.6 Å². The number of pyridine rings is 1. The fourth-order valence-electron chi connectivity index (χ4n) is 1.17. The first kappa shape index (κ1) is 11.4. The first-order chi connectivity index (χ1) is 6.53. The van der Waals surface area contributed by atoms with E-state index in [1.54, 1.807) is 13.3 Å². The second-order valence-electron chi connectivity index (χ2n) is 3.47. The summed E-state index contributed by atoms with van der Waals surface area (Å²) in [7, 11) is 1.64. The molecule has 1 rings (SSSR count). The van der Waals surface area contributed by atoms with Gasteiger partial charge in [-0.3, -0.25) is 0 Å². The van der Waals surface area contributed by atoms with Crippen LogP contribution in [0, 0.1) is 6.92 Å². The lowest BCUT2D eigenvalue weighted by Crippen LogP contribution is -2.33. The molecule has 0 radical (unpaired) electrons. The van der Waals surface area contributed by atoms with Crippen molar-refractivity contribution < 1.29 is 4.74 Å². The molecule has 0 aromatic carbocycles. The van der Waals surface area contributed by atoms with Gasteiger partial charge in [0.25, 0.3) is 0 Å². The maximum atomic E-state index is 5.83. The van der Waals surface area contributed by atoms with E-state index in [2.05, 4.69) is 4.98 Å². The van der Waals surface area contributed by atoms with Crippen molar-refractivity contribution in [3.8, 4) is 0 Å². The molecule has 1 unspecified atom stereocenters. The summed E-state index contributed by atoms with van der Waals surface area (Å²) < 4.78 is 5.36. The summed E-state index contributed by atoms with van der Waals surface area (Å²) in [5.41, 5.74) is 7.05. The van der Waals surface area contributed by atoms with Gasteiger partial charge >= 0.3 is 0 Å². The Hall–Kier alpha value is -0.640. The van der Waals surface area contributed by atoms with Crippen LogP contribution in [0.15, 0.2) is 12.3 Å². The molecule has 0 amide bonds. The highest BCUT2D eigenvalue weighted by atomic mass is 35.5. The van der Waals surface area contributed by atoms with Crippen molar-refractivity contribution in [3.05, 3.63) is 28.5 Å². The minimum absolute atomic E-state index is 0.409. The molecule has 1 aromatic rings. The molecule has 0 aliphatic rings. The third-order valence-corrected chi connectivity index (χ3v) is 2.86. The Labute approximate surface area is 89.2 Å². The van der Waals surface area contributed by atoms with E-state index < -0.39 is 5.60 Å². The smallest absolute Gasteiger partial charge is 0.131 e. The van der Waals surface area contributed by atoms with Crippen LogP contribution in [-0.2, 0) is 10.3 Å². The first-order valence-corrected chi connectivity index (χ1v) is 4.79. The molecule has 3 nitrogen and oxygen atoms in total. The molecule has 0 saturated carbocycles. The Morgan fingerprint density at radius 3 is 2.71 bits per heavy atom. The highest BCUT2D eigenvalue weighted by Crippen LogP contribution is 2.25. The van der Waals surface area contributed by atoms with Gasteiger partial charge < -0.3 is 10.5 Å². The van der Waals surface area contributed by atoms with Gasteiger partial charge in [0.05, 0.1) is 0 Å². The van der Waals surface area contributed by atoms with E-state index in [9.17, 15) is 0 Å². The largest absolute Gasteiger partial charge is 0.372 e. The molecule has 1 atom stereocenters. The number of methoxy groups -OCH3 is 1. The van der Waals surface area contributed by atoms with Crippen LogP contribution in [0.2, 0.25) is 5.15 Å². The molecule has 14 heavy (non-hydrogen) atoms. The maximum Gasteiger partial charge on any atom is 0.131 e. The third kappa shape index (κ3) is 2.05. The standard InChI is InChI=1S/C10H15ClN2O/c1-7-4-8(5-13-9(7)11)10(2,6-12)14-3/h4-5H,6,12H2,1-3H3. The lowest BCUT2D eigenvalue weighted by Gasteiger charge is -2.26. The summed E-state index contributed by atoms with van der Waals surface area (Å²) in [6, 6.07) is 1.95. The zero-order valence-corrected chi connectivity index (χ0v) is 9.43. The maximum absolute atomic E-state index is 5.83. The van der Waals surface area contributed by atoms with Crippen molar-refractivity contribution >= 4 is 11.6 Å². The number of hydrogen-bond acceptors (Lipinski definition) is 3. The van der Waals surface area contributed by atoms with Crippen LogP contribution >= 0.6 is 11.6 Å². The SMILES string of the molecule is COC(C)(CN)c1cnc(Cl)c(C)c1. The summed E-state index contributed by atoms with van der Waals surface area (Å²) in [4.78, 5) is 4.07. The Bertz CT molecular complexity index is 324. The van der Waals surface area contributed by atoms with E-state index in [1.165, 1.54) is 0 Å². The minimum Gasteiger partial charge on any atom is -0.372 e. The van der Waals surface area contributed by atoms with Crippen LogP contribution in [0.4, 0.5) is 0 Å². The second-order valence-corrected chi connectivity index (χ2v) is 3.83. The van der Waals surface area contributed by atoms with E-state index in [0.717, 1.165) is 11.1 Å². The second kappa shape index (κ2) is 4.26. The van der Waals surface area contributed by atoms with E-state index in [1.807, 2.05) is 19.9 Å². The van der Waals surface area contributed by atoms with Crippen molar-refractivity contribution in [2.45, 2.75) is 19.4 Å². The summed E-state index contributed by atoms with van der Waals surface area (Å²) in [6.07, 6.45) is 1.70. The molecule has 4 heteroatoms. The summed E-state index contributed by atoms with van der Waals surface area (Å²) >= 11 is 5.83. The number of nitrogens with two attached hydrogens (primary N) is 1. The van der Waals surface area contributed by atoms with Gasteiger partial charge in [-0.25, -0.2) is 4.98 Å². The molecule has 0 bridgehead atoms. The molecule has 0 spiro atoms. The average Bonchev–Trinajstić information content (AvgIpc) is 2.21. The number of nitrogens with zero attached hydrogens (tertiary/aromatic N) is 1. The number of aromatic nitrogens is 1. The topological polar surface area (TPSA) is 48.1 Å². The summed E-state index contributed by atoms with van der Waals surface area (Å²) in [6.45, 7) is 4.25. The highest BCUT2D eigenvalue weighted by molar-refractivity contribution is 6.30. The Morgan fingerprint density at radius 2 is 2.29 bits per heavy atom. The predicted molar refractivity (Wildman–Crippen MR) is 57.4 cm³/mol. The normalized spacial score (nSPS) is 15.2. The van der Waals surface area contributed by atoms with Crippen LogP contribution in [0.1, 0.15) is 18.1 Å². The van der Waals surface area contributed by atoms with Gasteiger partial charge in [0, 0.05) is 25.4 Å². The van der Waals surface area contributed by atoms with Crippen LogP contribution < -0.4 is 5.73 Å². The van der Waals surface area contributed by atoms with Gasteiger partial charge in [-0.05, 0) is 25.5 Å². The molecule has 1 heterocycles. The molecule has 0 aliphatic heterocycles. The predicted octanol–water partition coefficient (Wildman–Crippen LogP) is 1.86. The van der Waals surface area contributed by atoms with Crippen LogP contribution in [0.3, 0.4) is 0 Å². The Morgan fingerprint density at radius 1 is 1.64 bits per heavy atom. The Balaban J connectivity index is 3.12.